The number of nitrogens with two attached hydrogens (primary N) is 1. The molecule has 2 N–H and O–H groups in total. The van der Waals surface area contributed by atoms with Crippen molar-refractivity contribution in [3.8, 4) is 5.69 Å². The molecule has 0 spiro atoms. The average Bonchev–Trinajstić information content (AvgIpc) is 3.23. The van der Waals surface area contributed by atoms with Crippen molar-refractivity contribution in [2.75, 3.05) is 25.5 Å². The summed E-state index contributed by atoms with van der Waals surface area (Å²) in [7, 11) is 3.93. The summed E-state index contributed by atoms with van der Waals surface area (Å²) in [4.78, 5) is 46.9. The standard InChI is InChI=1S/C20H23N6O3/c1-23(2)13-16-22-10-12-24(16)14-5-7-15(8-6-14)26-18(28)20(17(21)27)9-3-4-11-25(20)19(26)29/h5-10,12H,3-4,11,13H2,1-2H3,(H2,21,27)/t20-/m0/s1. The molecule has 2 aliphatic rings. The highest BCUT2D eigenvalue weighted by atomic mass is 16.2. The van der Waals surface area contributed by atoms with Crippen LogP contribution in [0.5, 0.6) is 0 Å². The van der Waals surface area contributed by atoms with Gasteiger partial charge in [-0.3, -0.25) is 9.59 Å². The van der Waals surface area contributed by atoms with Gasteiger partial charge in [-0.15, -0.1) is 0 Å². The topological polar surface area (TPSA) is 105 Å². The Balaban J connectivity index is 1.66. The van der Waals surface area contributed by atoms with E-state index in [2.05, 4.69) is 4.98 Å². The molecule has 4 amide bonds. The second kappa shape index (κ2) is 7.00. The summed E-state index contributed by atoms with van der Waals surface area (Å²) in [6.45, 7) is 0.991. The number of imidazole rings is 1. The minimum Gasteiger partial charge on any atom is -0.367 e. The van der Waals surface area contributed by atoms with Gasteiger partial charge in [0.05, 0.1) is 12.2 Å². The van der Waals surface area contributed by atoms with Crippen molar-refractivity contribution in [1.29, 1.82) is 0 Å². The smallest absolute Gasteiger partial charge is 0.332 e. The van der Waals surface area contributed by atoms with Crippen LogP contribution in [-0.2, 0) is 16.1 Å². The van der Waals surface area contributed by atoms with Crippen LogP contribution in [0.15, 0.2) is 36.7 Å². The molecule has 0 unspecified atom stereocenters. The molecule has 1 atom stereocenters. The van der Waals surface area contributed by atoms with Crippen molar-refractivity contribution in [2.24, 2.45) is 5.73 Å². The van der Waals surface area contributed by atoms with E-state index >= 15 is 0 Å². The molecule has 9 nitrogen and oxygen atoms in total. The van der Waals surface area contributed by atoms with Crippen LogP contribution in [-0.4, -0.2) is 63.4 Å². The first kappa shape index (κ1) is 19.1. The molecule has 3 heterocycles. The highest BCUT2D eigenvalue weighted by Gasteiger charge is 2.62. The van der Waals surface area contributed by atoms with Crippen LogP contribution in [0.2, 0.25) is 0 Å². The third-order valence-electron chi connectivity index (χ3n) is 5.34. The maximum absolute atomic E-state index is 13.1. The van der Waals surface area contributed by atoms with Gasteiger partial charge in [-0.25, -0.2) is 14.7 Å². The maximum atomic E-state index is 13.1. The van der Waals surface area contributed by atoms with Crippen molar-refractivity contribution in [3.63, 3.8) is 0 Å². The van der Waals surface area contributed by atoms with Gasteiger partial charge in [0.15, 0.2) is 0 Å². The van der Waals surface area contributed by atoms with E-state index < -0.39 is 23.4 Å². The molecule has 2 fully saturated rings. The predicted molar refractivity (Wildman–Crippen MR) is 106 cm³/mol. The van der Waals surface area contributed by atoms with Gasteiger partial charge in [0.2, 0.25) is 5.54 Å². The maximum Gasteiger partial charge on any atom is 0.332 e. The van der Waals surface area contributed by atoms with Crippen LogP contribution in [0.4, 0.5) is 10.5 Å². The van der Waals surface area contributed by atoms with Gasteiger partial charge in [-0.1, -0.05) is 0 Å². The van der Waals surface area contributed by atoms with Crippen LogP contribution >= 0.6 is 0 Å². The van der Waals surface area contributed by atoms with Gasteiger partial charge in [0.25, 0.3) is 11.8 Å². The zero-order valence-electron chi connectivity index (χ0n) is 16.4. The lowest BCUT2D eigenvalue weighted by Crippen LogP contribution is -2.61. The molecule has 9 heteroatoms. The molecule has 2 aromatic rings. The van der Waals surface area contributed by atoms with E-state index in [-0.39, 0.29) is 0 Å². The fourth-order valence-electron chi connectivity index (χ4n) is 3.97. The number of carbonyl (C=O) groups is 3. The molecule has 1 radical (unpaired) electrons. The third-order valence-corrected chi connectivity index (χ3v) is 5.34. The molecule has 0 saturated carbocycles. The highest BCUT2D eigenvalue weighted by Crippen LogP contribution is 2.38. The van der Waals surface area contributed by atoms with E-state index in [0.29, 0.717) is 31.6 Å². The van der Waals surface area contributed by atoms with E-state index in [4.69, 9.17) is 5.73 Å². The van der Waals surface area contributed by atoms with Gasteiger partial charge in [-0.05, 0) is 51.2 Å². The van der Waals surface area contributed by atoms with Gasteiger partial charge in [0.1, 0.15) is 5.82 Å². The fourth-order valence-corrected chi connectivity index (χ4v) is 3.97. The number of aromatic nitrogens is 2. The molecule has 1 aromatic carbocycles. The van der Waals surface area contributed by atoms with Gasteiger partial charge in [-0.2, -0.15) is 0 Å². The Hall–Kier alpha value is -3.20. The van der Waals surface area contributed by atoms with E-state index in [1.54, 1.807) is 24.8 Å². The van der Waals surface area contributed by atoms with Crippen LogP contribution in [0.3, 0.4) is 0 Å². The Morgan fingerprint density at radius 2 is 1.90 bits per heavy atom. The van der Waals surface area contributed by atoms with Gasteiger partial charge in [0, 0.05) is 31.0 Å². The van der Waals surface area contributed by atoms with Crippen LogP contribution in [0.1, 0.15) is 18.7 Å². The molecule has 2 saturated heterocycles. The molecule has 151 valence electrons. The molecule has 1 aromatic heterocycles. The number of rotatable bonds is 5. The normalized spacial score (nSPS) is 21.8. The quantitative estimate of drug-likeness (QED) is 0.599. The van der Waals surface area contributed by atoms with Crippen molar-refractivity contribution in [1.82, 2.24) is 19.4 Å². The van der Waals surface area contributed by atoms with E-state index in [0.717, 1.165) is 16.4 Å². The van der Waals surface area contributed by atoms with E-state index in [9.17, 15) is 14.4 Å². The van der Waals surface area contributed by atoms with Crippen molar-refractivity contribution in [3.05, 3.63) is 48.9 Å². The summed E-state index contributed by atoms with van der Waals surface area (Å²) < 4.78 is 1.94. The molecule has 4 rings (SSSR count). The molecule has 29 heavy (non-hydrogen) atoms. The Labute approximate surface area is 168 Å². The number of fused-ring (bicyclic) bond motifs is 1. The lowest BCUT2D eigenvalue weighted by molar-refractivity contribution is -0.136. The molecular formula is C20H23N6O3. The lowest BCUT2D eigenvalue weighted by atomic mass is 9.86. The van der Waals surface area contributed by atoms with Gasteiger partial charge < -0.3 is 20.1 Å². The summed E-state index contributed by atoms with van der Waals surface area (Å²) in [6, 6.07) is 6.49. The number of carbonyl (C=O) groups excluding carboxylic acids is 3. The Kier molecular flexibility index (Phi) is 4.62. The zero-order valence-corrected chi connectivity index (χ0v) is 16.4. The van der Waals surface area contributed by atoms with Crippen LogP contribution in [0.25, 0.3) is 5.69 Å². The Morgan fingerprint density at radius 3 is 2.52 bits per heavy atom. The molecule has 0 aliphatic carbocycles. The average molecular weight is 395 g/mol. The first-order valence-corrected chi connectivity index (χ1v) is 9.44. The monoisotopic (exact) mass is 395 g/mol. The molecular weight excluding hydrogens is 372 g/mol. The highest BCUT2D eigenvalue weighted by molar-refractivity contribution is 6.31. The van der Waals surface area contributed by atoms with Crippen molar-refractivity contribution >= 4 is 23.5 Å². The minimum atomic E-state index is -1.68. The van der Waals surface area contributed by atoms with E-state index in [1.165, 1.54) is 4.90 Å². The number of urea groups is 1. The summed E-state index contributed by atoms with van der Waals surface area (Å²) in [5.41, 5.74) is 5.13. The second-order valence-electron chi connectivity index (χ2n) is 7.52. The zero-order chi connectivity index (χ0) is 20.8. The number of primary amides is 1. The summed E-state index contributed by atoms with van der Waals surface area (Å²) >= 11 is 0. The summed E-state index contributed by atoms with van der Waals surface area (Å²) in [5.74, 6) is -0.560. The number of nitrogens with zero attached hydrogens (tertiary/aromatic N) is 5. The number of piperidine rings is 1. The minimum absolute atomic E-state index is 0.321. The molecule has 2 aliphatic heterocycles. The first-order chi connectivity index (χ1) is 13.9. The van der Waals surface area contributed by atoms with Crippen molar-refractivity contribution in [2.45, 2.75) is 24.9 Å². The third kappa shape index (κ3) is 2.89. The number of benzene rings is 1. The summed E-state index contributed by atoms with van der Waals surface area (Å²) in [6.07, 6.45) is 6.39. The number of amides is 4. The first-order valence-electron chi connectivity index (χ1n) is 9.44. The predicted octanol–water partition coefficient (Wildman–Crippen LogP) is 0.925. The van der Waals surface area contributed by atoms with Crippen molar-refractivity contribution < 1.29 is 14.4 Å². The Morgan fingerprint density at radius 1 is 1.21 bits per heavy atom. The number of anilines is 1. The Bertz CT molecular complexity index is 967. The number of hydrogen-bond acceptors (Lipinski definition) is 5. The summed E-state index contributed by atoms with van der Waals surface area (Å²) in [5, 5.41) is 0. The molecule has 0 bridgehead atoms. The lowest BCUT2D eigenvalue weighted by Gasteiger charge is -2.35. The van der Waals surface area contributed by atoms with E-state index in [1.807, 2.05) is 41.9 Å². The fraction of sp³-hybridized carbons (Fsp3) is 0.350. The largest absolute Gasteiger partial charge is 0.367 e. The van der Waals surface area contributed by atoms with Crippen LogP contribution in [0, 0.1) is 6.42 Å². The second-order valence-corrected chi connectivity index (χ2v) is 7.52. The van der Waals surface area contributed by atoms with Crippen LogP contribution < -0.4 is 10.6 Å². The number of hydrogen-bond donors (Lipinski definition) is 1. The SMILES string of the molecule is CN(C)Cc1nccn1-c1ccc(N2C(=O)N3CCC[CH][C@]3(C(N)=O)C2=O)cc1. The number of imide groups is 1. The van der Waals surface area contributed by atoms with Gasteiger partial charge >= 0.3 is 6.03 Å².